The van der Waals surface area contributed by atoms with Crippen molar-refractivity contribution in [3.8, 4) is 16.9 Å². The Balaban J connectivity index is 1.35. The first-order valence-corrected chi connectivity index (χ1v) is 13.8. The zero-order chi connectivity index (χ0) is 24.9. The third-order valence-electron chi connectivity index (χ3n) is 8.81. The van der Waals surface area contributed by atoms with Crippen LogP contribution in [0, 0.1) is 5.92 Å². The summed E-state index contributed by atoms with van der Waals surface area (Å²) in [7, 11) is 2.22. The average molecular weight is 494 g/mol. The zero-order valence-corrected chi connectivity index (χ0v) is 21.5. The molecule has 0 spiro atoms. The fourth-order valence-corrected chi connectivity index (χ4v) is 6.80. The highest BCUT2D eigenvalue weighted by atomic mass is 16.3. The number of anilines is 1. The second-order valence-electron chi connectivity index (χ2n) is 11.3. The van der Waals surface area contributed by atoms with Crippen molar-refractivity contribution in [3.05, 3.63) is 60.4 Å². The molecule has 2 atom stereocenters. The number of piperidine rings is 1. The molecule has 2 N–H and O–H groups in total. The number of fused-ring (bicyclic) bond motifs is 4. The third kappa shape index (κ3) is 4.22. The van der Waals surface area contributed by atoms with Crippen molar-refractivity contribution < 1.29 is 5.11 Å². The van der Waals surface area contributed by atoms with E-state index in [9.17, 15) is 5.11 Å². The number of piperazine rings is 1. The van der Waals surface area contributed by atoms with Gasteiger partial charge in [0.1, 0.15) is 17.4 Å². The largest absolute Gasteiger partial charge is 0.508 e. The number of phenolic OH excluding ortho intramolecular Hbond substituents is 1. The number of hydrogen-bond acceptors (Lipinski definition) is 6. The molecule has 4 heterocycles. The summed E-state index contributed by atoms with van der Waals surface area (Å²) in [5.41, 5.74) is 3.13. The lowest BCUT2D eigenvalue weighted by Gasteiger charge is -2.37. The predicted octanol–water partition coefficient (Wildman–Crippen LogP) is 4.98. The van der Waals surface area contributed by atoms with E-state index in [2.05, 4.69) is 58.6 Å². The fraction of sp³-hybridized carbons (Fsp3) is 0.419. The number of rotatable bonds is 4. The van der Waals surface area contributed by atoms with Gasteiger partial charge in [-0.3, -0.25) is 0 Å². The van der Waals surface area contributed by atoms with Gasteiger partial charge in [-0.1, -0.05) is 30.3 Å². The first kappa shape index (κ1) is 22.9. The van der Waals surface area contributed by atoms with Gasteiger partial charge in [-0.2, -0.15) is 0 Å². The first-order valence-electron chi connectivity index (χ1n) is 13.8. The van der Waals surface area contributed by atoms with Gasteiger partial charge in [0.2, 0.25) is 0 Å². The van der Waals surface area contributed by atoms with E-state index >= 15 is 0 Å². The van der Waals surface area contributed by atoms with Gasteiger partial charge in [-0.15, -0.1) is 0 Å². The molecule has 6 heteroatoms. The molecule has 1 aromatic heterocycles. The molecule has 7 rings (SSSR count). The van der Waals surface area contributed by atoms with Gasteiger partial charge in [0, 0.05) is 37.0 Å². The highest BCUT2D eigenvalue weighted by Gasteiger charge is 2.38. The van der Waals surface area contributed by atoms with Crippen molar-refractivity contribution in [1.29, 1.82) is 0 Å². The molecule has 2 bridgehead atoms. The number of likely N-dealkylation sites (tertiary alicyclic amines) is 1. The van der Waals surface area contributed by atoms with Crippen molar-refractivity contribution in [3.63, 3.8) is 0 Å². The Hall–Kier alpha value is -3.22. The summed E-state index contributed by atoms with van der Waals surface area (Å²) in [4.78, 5) is 15.5. The van der Waals surface area contributed by atoms with Crippen LogP contribution in [0.4, 0.5) is 5.82 Å². The van der Waals surface area contributed by atoms with E-state index in [1.807, 2.05) is 18.2 Å². The van der Waals surface area contributed by atoms with Crippen LogP contribution in [0.5, 0.6) is 5.75 Å². The van der Waals surface area contributed by atoms with Gasteiger partial charge >= 0.3 is 0 Å². The van der Waals surface area contributed by atoms with Crippen LogP contribution in [0.3, 0.4) is 0 Å². The molecule has 6 nitrogen and oxygen atoms in total. The molecule has 0 saturated carbocycles. The van der Waals surface area contributed by atoms with Gasteiger partial charge < -0.3 is 20.2 Å². The second-order valence-corrected chi connectivity index (χ2v) is 11.3. The monoisotopic (exact) mass is 493 g/mol. The highest BCUT2D eigenvalue weighted by Crippen LogP contribution is 2.38. The summed E-state index contributed by atoms with van der Waals surface area (Å²) in [6.45, 7) is 4.36. The molecule has 3 aliphatic heterocycles. The lowest BCUT2D eigenvalue weighted by atomic mass is 9.93. The predicted molar refractivity (Wildman–Crippen MR) is 150 cm³/mol. The summed E-state index contributed by atoms with van der Waals surface area (Å²) >= 11 is 0. The third-order valence-corrected chi connectivity index (χ3v) is 8.81. The van der Waals surface area contributed by atoms with E-state index in [4.69, 9.17) is 9.97 Å². The molecule has 0 aliphatic carbocycles. The van der Waals surface area contributed by atoms with Crippen LogP contribution in [0.25, 0.3) is 32.8 Å². The van der Waals surface area contributed by atoms with E-state index in [-0.39, 0.29) is 5.75 Å². The van der Waals surface area contributed by atoms with E-state index in [1.165, 1.54) is 25.7 Å². The molecule has 190 valence electrons. The normalized spacial score (nSPS) is 22.8. The Morgan fingerprint density at radius 3 is 2.49 bits per heavy atom. The molecule has 0 amide bonds. The van der Waals surface area contributed by atoms with E-state index < -0.39 is 0 Å². The summed E-state index contributed by atoms with van der Waals surface area (Å²) in [6.07, 6.45) is 5.81. The Kier molecular flexibility index (Phi) is 5.74. The van der Waals surface area contributed by atoms with Gasteiger partial charge in [0.15, 0.2) is 0 Å². The van der Waals surface area contributed by atoms with Crippen LogP contribution in [-0.2, 0) is 6.42 Å². The van der Waals surface area contributed by atoms with Crippen LogP contribution in [0.15, 0.2) is 54.6 Å². The molecule has 3 saturated heterocycles. The van der Waals surface area contributed by atoms with Crippen molar-refractivity contribution in [2.24, 2.45) is 5.92 Å². The highest BCUT2D eigenvalue weighted by molar-refractivity contribution is 6.00. The van der Waals surface area contributed by atoms with Gasteiger partial charge in [0.25, 0.3) is 0 Å². The molecular formula is C31H35N5O. The maximum Gasteiger partial charge on any atom is 0.140 e. The molecule has 3 fully saturated rings. The zero-order valence-electron chi connectivity index (χ0n) is 21.5. The second kappa shape index (κ2) is 9.26. The van der Waals surface area contributed by atoms with E-state index in [1.54, 1.807) is 0 Å². The Bertz CT molecular complexity index is 1450. The molecule has 3 aliphatic rings. The fourth-order valence-electron chi connectivity index (χ4n) is 6.80. The van der Waals surface area contributed by atoms with Gasteiger partial charge in [-0.25, -0.2) is 9.97 Å². The minimum atomic E-state index is 0.289. The van der Waals surface area contributed by atoms with Crippen molar-refractivity contribution in [2.45, 2.75) is 44.2 Å². The Labute approximate surface area is 218 Å². The summed E-state index contributed by atoms with van der Waals surface area (Å²) in [5, 5.41) is 17.4. The van der Waals surface area contributed by atoms with E-state index in [0.717, 1.165) is 77.0 Å². The van der Waals surface area contributed by atoms with Crippen LogP contribution < -0.4 is 10.2 Å². The van der Waals surface area contributed by atoms with Crippen molar-refractivity contribution in [2.75, 3.05) is 38.1 Å². The molecule has 37 heavy (non-hydrogen) atoms. The van der Waals surface area contributed by atoms with Crippen LogP contribution in [-0.4, -0.2) is 65.3 Å². The minimum Gasteiger partial charge on any atom is -0.508 e. The Morgan fingerprint density at radius 1 is 0.892 bits per heavy atom. The number of phenols is 1. The lowest BCUT2D eigenvalue weighted by molar-refractivity contribution is 0.217. The number of aromatic nitrogens is 2. The molecule has 2 unspecified atom stereocenters. The molecular weight excluding hydrogens is 458 g/mol. The van der Waals surface area contributed by atoms with Crippen molar-refractivity contribution in [1.82, 2.24) is 20.2 Å². The molecule has 0 radical (unpaired) electrons. The number of nitrogens with one attached hydrogen (secondary N) is 1. The van der Waals surface area contributed by atoms with Crippen LogP contribution >= 0.6 is 0 Å². The quantitative estimate of drug-likeness (QED) is 0.418. The maximum atomic E-state index is 10.5. The van der Waals surface area contributed by atoms with Crippen molar-refractivity contribution >= 4 is 27.5 Å². The first-order chi connectivity index (χ1) is 18.1. The van der Waals surface area contributed by atoms with Crippen LogP contribution in [0.1, 0.15) is 31.5 Å². The summed E-state index contributed by atoms with van der Waals surface area (Å²) < 4.78 is 0. The topological polar surface area (TPSA) is 64.5 Å². The average Bonchev–Trinajstić information content (AvgIpc) is 3.16. The summed E-state index contributed by atoms with van der Waals surface area (Å²) in [5.74, 6) is 3.03. The van der Waals surface area contributed by atoms with Crippen LogP contribution in [0.2, 0.25) is 0 Å². The number of nitrogens with zero attached hydrogens (tertiary/aromatic N) is 4. The number of aromatic hydroxyl groups is 1. The smallest absolute Gasteiger partial charge is 0.140 e. The SMILES string of the molecule is CN1CCC(Cc2nc(N3C4CCC3CNC4)c3ccc(-c4cc(O)cc5ccccc45)cc3n2)CC1. The maximum absolute atomic E-state index is 10.5. The van der Waals surface area contributed by atoms with Gasteiger partial charge in [-0.05, 0) is 97.9 Å². The minimum absolute atomic E-state index is 0.289. The molecule has 3 aromatic carbocycles. The summed E-state index contributed by atoms with van der Waals surface area (Å²) in [6, 6.07) is 19.6. The van der Waals surface area contributed by atoms with Gasteiger partial charge in [0.05, 0.1) is 5.52 Å². The molecule has 4 aromatic rings. The standard InChI is InChI=1S/C31H35N5O/c1-35-12-10-20(11-13-35)14-30-33-29-16-22(28-17-25(37)15-21-4-2-3-5-26(21)28)6-9-27(29)31(34-30)36-23-7-8-24(36)19-32-18-23/h2-6,9,15-17,20,23-24,32,37H,7-8,10-14,18-19H2,1H3. The lowest BCUT2D eigenvalue weighted by Crippen LogP contribution is -2.52. The Morgan fingerprint density at radius 2 is 1.68 bits per heavy atom. The number of hydrogen-bond donors (Lipinski definition) is 2. The number of benzene rings is 3. The van der Waals surface area contributed by atoms with E-state index in [0.29, 0.717) is 18.0 Å².